The first-order chi connectivity index (χ1) is 10.1. The summed E-state index contributed by atoms with van der Waals surface area (Å²) in [6, 6.07) is 3.75. The molecular formula is C16H22F2N2O. The van der Waals surface area contributed by atoms with Crippen molar-refractivity contribution >= 4 is 5.91 Å². The van der Waals surface area contributed by atoms with Gasteiger partial charge in [-0.25, -0.2) is 8.78 Å². The van der Waals surface area contributed by atoms with Crippen molar-refractivity contribution < 1.29 is 13.6 Å². The molecule has 1 aromatic rings. The lowest BCUT2D eigenvalue weighted by Gasteiger charge is -2.24. The minimum Gasteiger partial charge on any atom is -0.340 e. The molecular weight excluding hydrogens is 274 g/mol. The molecule has 0 bridgehead atoms. The maximum atomic E-state index is 13.9. The van der Waals surface area contributed by atoms with Crippen molar-refractivity contribution in [3.8, 4) is 0 Å². The van der Waals surface area contributed by atoms with E-state index in [1.165, 1.54) is 6.07 Å². The van der Waals surface area contributed by atoms with E-state index < -0.39 is 17.7 Å². The summed E-state index contributed by atoms with van der Waals surface area (Å²) in [4.78, 5) is 13.8. The molecule has 1 aliphatic rings. The largest absolute Gasteiger partial charge is 0.340 e. The van der Waals surface area contributed by atoms with Gasteiger partial charge in [0.1, 0.15) is 0 Å². The Kier molecular flexibility index (Phi) is 5.28. The second-order valence-corrected chi connectivity index (χ2v) is 5.64. The number of hydrogen-bond donors (Lipinski definition) is 1. The molecule has 2 atom stereocenters. The Morgan fingerprint density at radius 1 is 1.43 bits per heavy atom. The highest BCUT2D eigenvalue weighted by Crippen LogP contribution is 2.26. The van der Waals surface area contributed by atoms with E-state index in [0.29, 0.717) is 25.4 Å². The first-order valence-electron chi connectivity index (χ1n) is 7.45. The van der Waals surface area contributed by atoms with Crippen LogP contribution in [0.25, 0.3) is 0 Å². The Hall–Kier alpha value is -1.49. The Labute approximate surface area is 124 Å². The first-order valence-corrected chi connectivity index (χ1v) is 7.45. The molecule has 3 nitrogen and oxygen atoms in total. The van der Waals surface area contributed by atoms with Gasteiger partial charge in [-0.15, -0.1) is 0 Å². The molecule has 21 heavy (non-hydrogen) atoms. The van der Waals surface area contributed by atoms with Gasteiger partial charge in [0.25, 0.3) is 0 Å². The van der Waals surface area contributed by atoms with Crippen LogP contribution in [0, 0.1) is 17.6 Å². The van der Waals surface area contributed by atoms with Crippen LogP contribution in [0.3, 0.4) is 0 Å². The Bertz CT molecular complexity index is 507. The monoisotopic (exact) mass is 296 g/mol. The second-order valence-electron chi connectivity index (χ2n) is 5.64. The summed E-state index contributed by atoms with van der Waals surface area (Å²) in [6.45, 7) is 3.18. The zero-order valence-corrected chi connectivity index (χ0v) is 12.5. The van der Waals surface area contributed by atoms with Gasteiger partial charge in [-0.2, -0.15) is 0 Å². The van der Waals surface area contributed by atoms with Crippen molar-refractivity contribution in [1.29, 1.82) is 0 Å². The van der Waals surface area contributed by atoms with Crippen LogP contribution >= 0.6 is 0 Å². The van der Waals surface area contributed by atoms with Crippen LogP contribution in [0.4, 0.5) is 8.78 Å². The Morgan fingerprint density at radius 2 is 2.19 bits per heavy atom. The van der Waals surface area contributed by atoms with Crippen LogP contribution in [-0.4, -0.2) is 30.9 Å². The third-order valence-corrected chi connectivity index (χ3v) is 4.10. The SMILES string of the molecule is CCCC1CC(=O)N(CC(NC)c2cccc(F)c2F)C1. The molecule has 1 fully saturated rings. The van der Waals surface area contributed by atoms with E-state index >= 15 is 0 Å². The van der Waals surface area contributed by atoms with Crippen molar-refractivity contribution in [1.82, 2.24) is 10.2 Å². The number of carbonyl (C=O) groups excluding carboxylic acids is 1. The summed E-state index contributed by atoms with van der Waals surface area (Å²) < 4.78 is 27.2. The molecule has 0 aliphatic carbocycles. The van der Waals surface area contributed by atoms with Crippen molar-refractivity contribution in [2.24, 2.45) is 5.92 Å². The van der Waals surface area contributed by atoms with Gasteiger partial charge in [-0.1, -0.05) is 25.5 Å². The number of nitrogens with one attached hydrogen (secondary N) is 1. The maximum Gasteiger partial charge on any atom is 0.222 e. The summed E-state index contributed by atoms with van der Waals surface area (Å²) in [6.07, 6.45) is 2.65. The molecule has 1 saturated heterocycles. The molecule has 0 radical (unpaired) electrons. The number of nitrogens with zero attached hydrogens (tertiary/aromatic N) is 1. The van der Waals surface area contributed by atoms with Crippen molar-refractivity contribution in [3.63, 3.8) is 0 Å². The highest BCUT2D eigenvalue weighted by molar-refractivity contribution is 5.78. The average molecular weight is 296 g/mol. The zero-order chi connectivity index (χ0) is 15.4. The molecule has 1 aromatic carbocycles. The van der Waals surface area contributed by atoms with E-state index in [0.717, 1.165) is 18.9 Å². The van der Waals surface area contributed by atoms with Gasteiger partial charge < -0.3 is 10.2 Å². The minimum absolute atomic E-state index is 0.102. The fourth-order valence-electron chi connectivity index (χ4n) is 2.99. The number of rotatable bonds is 6. The third kappa shape index (κ3) is 3.59. The van der Waals surface area contributed by atoms with E-state index in [2.05, 4.69) is 12.2 Å². The Morgan fingerprint density at radius 3 is 2.86 bits per heavy atom. The van der Waals surface area contributed by atoms with Gasteiger partial charge in [0.15, 0.2) is 11.6 Å². The summed E-state index contributed by atoms with van der Waals surface area (Å²) >= 11 is 0. The minimum atomic E-state index is -0.857. The van der Waals surface area contributed by atoms with Crippen LogP contribution in [0.5, 0.6) is 0 Å². The summed E-state index contributed by atoms with van der Waals surface area (Å²) in [5, 5.41) is 2.98. The van der Waals surface area contributed by atoms with Crippen molar-refractivity contribution in [2.45, 2.75) is 32.2 Å². The van der Waals surface area contributed by atoms with Gasteiger partial charge >= 0.3 is 0 Å². The van der Waals surface area contributed by atoms with Gasteiger partial charge in [0, 0.05) is 25.1 Å². The van der Waals surface area contributed by atoms with Crippen LogP contribution in [0.2, 0.25) is 0 Å². The van der Waals surface area contributed by atoms with Crippen LogP contribution in [0.1, 0.15) is 37.8 Å². The zero-order valence-electron chi connectivity index (χ0n) is 12.5. The molecule has 2 unspecified atom stereocenters. The lowest BCUT2D eigenvalue weighted by molar-refractivity contribution is -0.128. The van der Waals surface area contributed by atoms with Crippen LogP contribution in [-0.2, 0) is 4.79 Å². The van der Waals surface area contributed by atoms with E-state index in [-0.39, 0.29) is 11.5 Å². The number of likely N-dealkylation sites (tertiary alicyclic amines) is 1. The molecule has 2 rings (SSSR count). The topological polar surface area (TPSA) is 32.3 Å². The van der Waals surface area contributed by atoms with Gasteiger partial charge in [0.05, 0.1) is 6.04 Å². The molecule has 1 aliphatic heterocycles. The first kappa shape index (κ1) is 15.9. The smallest absolute Gasteiger partial charge is 0.222 e. The standard InChI is InChI=1S/C16H22F2N2O/c1-3-5-11-8-15(21)20(9-11)10-14(19-2)12-6-4-7-13(17)16(12)18/h4,6-7,11,14,19H,3,5,8-10H2,1-2H3. The highest BCUT2D eigenvalue weighted by Gasteiger charge is 2.31. The fourth-order valence-corrected chi connectivity index (χ4v) is 2.99. The molecule has 1 heterocycles. The normalized spacial score (nSPS) is 20.1. The molecule has 1 amide bonds. The number of halogens is 2. The van der Waals surface area contributed by atoms with Crippen molar-refractivity contribution in [2.75, 3.05) is 20.1 Å². The molecule has 0 saturated carbocycles. The summed E-state index contributed by atoms with van der Waals surface area (Å²) in [7, 11) is 1.69. The number of amides is 1. The van der Waals surface area contributed by atoms with Gasteiger partial charge in [-0.05, 0) is 25.5 Å². The fraction of sp³-hybridized carbons (Fsp3) is 0.562. The lowest BCUT2D eigenvalue weighted by atomic mass is 10.0. The number of likely N-dealkylation sites (N-methyl/N-ethyl adjacent to an activating group) is 1. The van der Waals surface area contributed by atoms with Crippen molar-refractivity contribution in [3.05, 3.63) is 35.4 Å². The van der Waals surface area contributed by atoms with E-state index in [1.807, 2.05) is 0 Å². The van der Waals surface area contributed by atoms with E-state index in [1.54, 1.807) is 18.0 Å². The average Bonchev–Trinajstić information content (AvgIpc) is 2.80. The molecule has 116 valence electrons. The predicted molar refractivity (Wildman–Crippen MR) is 77.8 cm³/mol. The predicted octanol–water partition coefficient (Wildman–Crippen LogP) is 2.87. The van der Waals surface area contributed by atoms with E-state index in [4.69, 9.17) is 0 Å². The third-order valence-electron chi connectivity index (χ3n) is 4.10. The Balaban J connectivity index is 2.09. The maximum absolute atomic E-state index is 13.9. The lowest BCUT2D eigenvalue weighted by Crippen LogP contribution is -2.35. The second kappa shape index (κ2) is 6.98. The number of carbonyl (C=O) groups is 1. The quantitative estimate of drug-likeness (QED) is 0.875. The molecule has 5 heteroatoms. The van der Waals surface area contributed by atoms with Gasteiger partial charge in [0.2, 0.25) is 5.91 Å². The van der Waals surface area contributed by atoms with E-state index in [9.17, 15) is 13.6 Å². The molecule has 0 aromatic heterocycles. The van der Waals surface area contributed by atoms with Crippen LogP contribution in [0.15, 0.2) is 18.2 Å². The van der Waals surface area contributed by atoms with Crippen LogP contribution < -0.4 is 5.32 Å². The van der Waals surface area contributed by atoms with Gasteiger partial charge in [-0.3, -0.25) is 4.79 Å². The number of benzene rings is 1. The summed E-state index contributed by atoms with van der Waals surface area (Å²) in [5.41, 5.74) is 0.268. The summed E-state index contributed by atoms with van der Waals surface area (Å²) in [5.74, 6) is -1.21. The molecule has 1 N–H and O–H groups in total. The molecule has 0 spiro atoms. The number of hydrogen-bond acceptors (Lipinski definition) is 2. The highest BCUT2D eigenvalue weighted by atomic mass is 19.2.